The number of carbonyl (C=O) groups is 2. The maximum absolute atomic E-state index is 12.7. The molecule has 1 aliphatic heterocycles. The zero-order valence-electron chi connectivity index (χ0n) is 12.3. The van der Waals surface area contributed by atoms with Gasteiger partial charge in [-0.25, -0.2) is 0 Å². The molecule has 2 amide bonds. The number of hydrogen-bond donors (Lipinski definition) is 0. The van der Waals surface area contributed by atoms with Crippen LogP contribution < -0.4 is 9.80 Å². The Kier molecular flexibility index (Phi) is 3.89. The van der Waals surface area contributed by atoms with E-state index in [1.807, 2.05) is 6.07 Å². The zero-order valence-corrected chi connectivity index (χ0v) is 13.9. The van der Waals surface area contributed by atoms with E-state index in [4.69, 9.17) is 0 Å². The lowest BCUT2D eigenvalue weighted by Crippen LogP contribution is -2.29. The van der Waals surface area contributed by atoms with E-state index in [0.717, 1.165) is 4.47 Å². The van der Waals surface area contributed by atoms with Crippen molar-refractivity contribution >= 4 is 44.8 Å². The number of fused-ring (bicyclic) bond motifs is 1. The van der Waals surface area contributed by atoms with Crippen LogP contribution in [-0.4, -0.2) is 18.9 Å². The van der Waals surface area contributed by atoms with E-state index in [1.54, 1.807) is 43.4 Å². The van der Waals surface area contributed by atoms with Crippen molar-refractivity contribution < 1.29 is 9.59 Å². The summed E-state index contributed by atoms with van der Waals surface area (Å²) >= 11 is 3.40. The lowest BCUT2D eigenvalue weighted by atomic mass is 10.1. The van der Waals surface area contributed by atoms with Crippen LogP contribution in [0.15, 0.2) is 46.9 Å². The average molecular weight is 370 g/mol. The van der Waals surface area contributed by atoms with Crippen molar-refractivity contribution in [3.63, 3.8) is 0 Å². The van der Waals surface area contributed by atoms with Gasteiger partial charge in [0.15, 0.2) is 0 Å². The summed E-state index contributed by atoms with van der Waals surface area (Å²) in [6.45, 7) is 0. The summed E-state index contributed by atoms with van der Waals surface area (Å²) in [7, 11) is 1.64. The number of benzene rings is 2. The van der Waals surface area contributed by atoms with Crippen LogP contribution in [0.25, 0.3) is 0 Å². The molecule has 0 aromatic heterocycles. The van der Waals surface area contributed by atoms with E-state index in [9.17, 15) is 14.9 Å². The molecule has 114 valence electrons. The SMILES string of the molecule is CN1C(=O)CC(=O)N(c2ccccc2C#N)c2cc(Br)ccc21. The molecule has 1 heterocycles. The minimum atomic E-state index is -0.360. The van der Waals surface area contributed by atoms with Gasteiger partial charge in [-0.3, -0.25) is 14.5 Å². The first-order valence-electron chi connectivity index (χ1n) is 6.91. The second kappa shape index (κ2) is 5.86. The number of carbonyl (C=O) groups excluding carboxylic acids is 2. The molecule has 0 saturated carbocycles. The first-order valence-corrected chi connectivity index (χ1v) is 7.70. The van der Waals surface area contributed by atoms with Crippen molar-refractivity contribution in [2.24, 2.45) is 0 Å². The van der Waals surface area contributed by atoms with Crippen molar-refractivity contribution in [1.29, 1.82) is 5.26 Å². The molecule has 0 radical (unpaired) electrons. The van der Waals surface area contributed by atoms with Gasteiger partial charge in [-0.2, -0.15) is 5.26 Å². The highest BCUT2D eigenvalue weighted by molar-refractivity contribution is 9.10. The number of anilines is 3. The third-order valence-corrected chi connectivity index (χ3v) is 4.22. The van der Waals surface area contributed by atoms with Crippen LogP contribution in [-0.2, 0) is 9.59 Å². The van der Waals surface area contributed by atoms with E-state index < -0.39 is 0 Å². The second-order valence-electron chi connectivity index (χ2n) is 5.12. The largest absolute Gasteiger partial charge is 0.313 e. The highest BCUT2D eigenvalue weighted by Gasteiger charge is 2.31. The van der Waals surface area contributed by atoms with Crippen LogP contribution in [0.1, 0.15) is 12.0 Å². The Balaban J connectivity index is 2.29. The molecular weight excluding hydrogens is 358 g/mol. The number of hydrogen-bond acceptors (Lipinski definition) is 3. The Hall–Kier alpha value is -2.65. The molecular formula is C17H12BrN3O2. The van der Waals surface area contributed by atoms with E-state index in [0.29, 0.717) is 22.6 Å². The zero-order chi connectivity index (χ0) is 16.6. The standard InChI is InChI=1S/C17H12BrN3O2/c1-20-14-7-6-12(18)8-15(14)21(17(23)9-16(20)22)13-5-3-2-4-11(13)10-19/h2-8H,9H2,1H3. The Bertz CT molecular complexity index is 857. The van der Waals surface area contributed by atoms with Gasteiger partial charge in [0.2, 0.25) is 11.8 Å². The molecule has 0 spiro atoms. The van der Waals surface area contributed by atoms with Crippen molar-refractivity contribution in [1.82, 2.24) is 0 Å². The summed E-state index contributed by atoms with van der Waals surface area (Å²) in [6, 6.07) is 14.3. The average Bonchev–Trinajstić information content (AvgIpc) is 2.63. The molecule has 2 aromatic rings. The van der Waals surface area contributed by atoms with Crippen LogP contribution in [0.3, 0.4) is 0 Å². The summed E-state index contributed by atoms with van der Waals surface area (Å²) in [5, 5.41) is 9.34. The monoisotopic (exact) mass is 369 g/mol. The maximum atomic E-state index is 12.7. The fourth-order valence-electron chi connectivity index (χ4n) is 2.58. The van der Waals surface area contributed by atoms with Crippen LogP contribution in [0.2, 0.25) is 0 Å². The number of nitriles is 1. The third kappa shape index (κ3) is 2.60. The van der Waals surface area contributed by atoms with Crippen molar-refractivity contribution in [3.8, 4) is 6.07 Å². The molecule has 2 aromatic carbocycles. The quantitative estimate of drug-likeness (QED) is 0.724. The number of rotatable bonds is 1. The fraction of sp³-hybridized carbons (Fsp3) is 0.118. The molecule has 5 nitrogen and oxygen atoms in total. The van der Waals surface area contributed by atoms with Gasteiger partial charge in [0.25, 0.3) is 0 Å². The van der Waals surface area contributed by atoms with Crippen LogP contribution in [0.4, 0.5) is 17.1 Å². The molecule has 23 heavy (non-hydrogen) atoms. The van der Waals surface area contributed by atoms with E-state index in [2.05, 4.69) is 22.0 Å². The smallest absolute Gasteiger partial charge is 0.241 e. The molecule has 0 saturated heterocycles. The number of halogens is 1. The van der Waals surface area contributed by atoms with Gasteiger partial charge in [-0.1, -0.05) is 28.1 Å². The summed E-state index contributed by atoms with van der Waals surface area (Å²) in [4.78, 5) is 27.8. The van der Waals surface area contributed by atoms with E-state index >= 15 is 0 Å². The highest BCUT2D eigenvalue weighted by atomic mass is 79.9. The Morgan fingerprint density at radius 3 is 2.52 bits per heavy atom. The van der Waals surface area contributed by atoms with Gasteiger partial charge >= 0.3 is 0 Å². The van der Waals surface area contributed by atoms with E-state index in [1.165, 1.54) is 9.80 Å². The summed E-state index contributed by atoms with van der Waals surface area (Å²) in [5.74, 6) is -0.642. The van der Waals surface area contributed by atoms with Crippen LogP contribution >= 0.6 is 15.9 Å². The molecule has 0 fully saturated rings. The normalized spacial score (nSPS) is 14.3. The van der Waals surface area contributed by atoms with Gasteiger partial charge in [0, 0.05) is 11.5 Å². The van der Waals surface area contributed by atoms with Gasteiger partial charge in [-0.15, -0.1) is 0 Å². The first-order chi connectivity index (χ1) is 11.0. The molecule has 0 unspecified atom stereocenters. The summed E-state index contributed by atoms with van der Waals surface area (Å²) in [5.41, 5.74) is 2.04. The second-order valence-corrected chi connectivity index (χ2v) is 6.04. The van der Waals surface area contributed by atoms with Crippen molar-refractivity contribution in [2.45, 2.75) is 6.42 Å². The molecule has 0 N–H and O–H groups in total. The van der Waals surface area contributed by atoms with Crippen molar-refractivity contribution in [2.75, 3.05) is 16.8 Å². The Labute approximate surface area is 141 Å². The number of nitrogens with zero attached hydrogens (tertiary/aromatic N) is 3. The molecule has 6 heteroatoms. The topological polar surface area (TPSA) is 64.4 Å². The van der Waals surface area contributed by atoms with Gasteiger partial charge in [-0.05, 0) is 30.3 Å². The lowest BCUT2D eigenvalue weighted by molar-refractivity contribution is -0.125. The van der Waals surface area contributed by atoms with Gasteiger partial charge in [0.1, 0.15) is 12.5 Å². The number of para-hydroxylation sites is 1. The molecule has 1 aliphatic rings. The van der Waals surface area contributed by atoms with Gasteiger partial charge in [0.05, 0.1) is 22.6 Å². The molecule has 0 atom stereocenters. The van der Waals surface area contributed by atoms with E-state index in [-0.39, 0.29) is 18.2 Å². The fourth-order valence-corrected chi connectivity index (χ4v) is 2.93. The predicted octanol–water partition coefficient (Wildman–Crippen LogP) is 3.35. The Morgan fingerprint density at radius 2 is 1.78 bits per heavy atom. The predicted molar refractivity (Wildman–Crippen MR) is 90.5 cm³/mol. The molecule has 3 rings (SSSR count). The van der Waals surface area contributed by atoms with Crippen molar-refractivity contribution in [3.05, 3.63) is 52.5 Å². The van der Waals surface area contributed by atoms with Crippen LogP contribution in [0, 0.1) is 11.3 Å². The third-order valence-electron chi connectivity index (χ3n) is 3.73. The number of amides is 2. The highest BCUT2D eigenvalue weighted by Crippen LogP contribution is 2.40. The maximum Gasteiger partial charge on any atom is 0.241 e. The van der Waals surface area contributed by atoms with Crippen LogP contribution in [0.5, 0.6) is 0 Å². The minimum absolute atomic E-state index is 0.247. The first kappa shape index (κ1) is 15.3. The molecule has 0 bridgehead atoms. The molecule has 0 aliphatic carbocycles. The summed E-state index contributed by atoms with van der Waals surface area (Å²) < 4.78 is 0.784. The van der Waals surface area contributed by atoms with Gasteiger partial charge < -0.3 is 4.90 Å². The summed E-state index contributed by atoms with van der Waals surface area (Å²) in [6.07, 6.45) is -0.247. The Morgan fingerprint density at radius 1 is 1.04 bits per heavy atom. The lowest BCUT2D eigenvalue weighted by Gasteiger charge is -2.24. The minimum Gasteiger partial charge on any atom is -0.313 e.